The molecule has 8 heteroatoms. The average molecular weight is 505 g/mol. The van der Waals surface area contributed by atoms with Gasteiger partial charge in [0.2, 0.25) is 0 Å². The van der Waals surface area contributed by atoms with Crippen LogP contribution in [-0.4, -0.2) is 16.0 Å². The Kier molecular flexibility index (Phi) is 7.11. The molecule has 0 spiro atoms. The van der Waals surface area contributed by atoms with Crippen molar-refractivity contribution in [1.29, 1.82) is 0 Å². The van der Waals surface area contributed by atoms with Gasteiger partial charge in [0.15, 0.2) is 0 Å². The number of hydrogen-bond donors (Lipinski definition) is 0. The molecule has 0 N–H and O–H groups in total. The Bertz CT molecular complexity index is 1230. The maximum absolute atomic E-state index is 12.9. The minimum absolute atomic E-state index is 0.120. The zero-order chi connectivity index (χ0) is 22.7. The van der Waals surface area contributed by atoms with Gasteiger partial charge in [0, 0.05) is 26.2 Å². The van der Waals surface area contributed by atoms with E-state index in [1.54, 1.807) is 48.5 Å². The fourth-order valence-electron chi connectivity index (χ4n) is 3.10. The van der Waals surface area contributed by atoms with Gasteiger partial charge >= 0.3 is 0 Å². The van der Waals surface area contributed by atoms with Gasteiger partial charge in [-0.1, -0.05) is 77.3 Å². The zero-order valence-electron chi connectivity index (χ0n) is 16.6. The molecule has 3 aromatic rings. The number of amides is 2. The number of hydrogen-bond acceptors (Lipinski definition) is 4. The normalized spacial score (nSPS) is 15.0. The van der Waals surface area contributed by atoms with Crippen molar-refractivity contribution < 1.29 is 14.3 Å². The molecule has 2 amide bonds. The van der Waals surface area contributed by atoms with Crippen LogP contribution < -0.4 is 4.74 Å². The predicted octanol–water partition coefficient (Wildman–Crippen LogP) is 7.46. The molecule has 0 atom stereocenters. The minimum Gasteiger partial charge on any atom is -0.488 e. The van der Waals surface area contributed by atoms with E-state index in [0.29, 0.717) is 36.8 Å². The molecule has 0 radical (unpaired) electrons. The van der Waals surface area contributed by atoms with E-state index in [0.717, 1.165) is 17.3 Å². The van der Waals surface area contributed by atoms with Crippen LogP contribution in [-0.2, 0) is 17.9 Å². The summed E-state index contributed by atoms with van der Waals surface area (Å²) in [6.45, 7) is 0.351. The maximum atomic E-state index is 12.9. The van der Waals surface area contributed by atoms with E-state index >= 15 is 0 Å². The highest BCUT2D eigenvalue weighted by molar-refractivity contribution is 8.18. The van der Waals surface area contributed by atoms with Crippen molar-refractivity contribution in [3.63, 3.8) is 0 Å². The van der Waals surface area contributed by atoms with Crippen LogP contribution in [0.3, 0.4) is 0 Å². The number of thioether (sulfide) groups is 1. The summed E-state index contributed by atoms with van der Waals surface area (Å²) in [6, 6.07) is 19.6. The Balaban J connectivity index is 1.53. The molecular weight excluding hydrogens is 489 g/mol. The molecule has 162 valence electrons. The molecular formula is C24H16Cl3NO3S. The summed E-state index contributed by atoms with van der Waals surface area (Å²) < 4.78 is 5.95. The van der Waals surface area contributed by atoms with Crippen molar-refractivity contribution in [1.82, 2.24) is 4.90 Å². The summed E-state index contributed by atoms with van der Waals surface area (Å²) in [5.74, 6) is 0.201. The highest BCUT2D eigenvalue weighted by atomic mass is 35.5. The van der Waals surface area contributed by atoms with Gasteiger partial charge in [-0.25, -0.2) is 0 Å². The molecule has 0 unspecified atom stereocenters. The number of halogens is 3. The zero-order valence-corrected chi connectivity index (χ0v) is 19.6. The topological polar surface area (TPSA) is 46.6 Å². The van der Waals surface area contributed by atoms with Gasteiger partial charge < -0.3 is 4.74 Å². The summed E-state index contributed by atoms with van der Waals surface area (Å²) in [5, 5.41) is 1.23. The lowest BCUT2D eigenvalue weighted by Crippen LogP contribution is -2.27. The van der Waals surface area contributed by atoms with E-state index in [9.17, 15) is 9.59 Å². The van der Waals surface area contributed by atoms with Gasteiger partial charge in [-0.15, -0.1) is 0 Å². The summed E-state index contributed by atoms with van der Waals surface area (Å²) in [5.41, 5.74) is 2.17. The van der Waals surface area contributed by atoms with Crippen LogP contribution in [0.2, 0.25) is 15.1 Å². The van der Waals surface area contributed by atoms with E-state index in [4.69, 9.17) is 39.5 Å². The molecule has 4 rings (SSSR count). The first-order valence-corrected chi connectivity index (χ1v) is 11.5. The molecule has 0 saturated carbocycles. The number of ether oxygens (including phenoxy) is 1. The third-order valence-corrected chi connectivity index (χ3v) is 6.63. The quantitative estimate of drug-likeness (QED) is 0.327. The Hall–Kier alpha value is -2.44. The first kappa shape index (κ1) is 22.7. The number of benzene rings is 3. The van der Waals surface area contributed by atoms with Gasteiger partial charge in [-0.2, -0.15) is 0 Å². The van der Waals surface area contributed by atoms with Gasteiger partial charge in [0.1, 0.15) is 12.4 Å². The van der Waals surface area contributed by atoms with E-state index < -0.39 is 0 Å². The summed E-state index contributed by atoms with van der Waals surface area (Å²) in [6.07, 6.45) is 1.66. The SMILES string of the molecule is O=C1S/C(=C/c2ccccc2OCc2ccc(Cl)cc2Cl)C(=O)N1Cc1ccccc1Cl. The Morgan fingerprint density at radius 2 is 1.62 bits per heavy atom. The molecule has 1 aliphatic rings. The molecule has 1 heterocycles. The van der Waals surface area contributed by atoms with Crippen molar-refractivity contribution in [2.24, 2.45) is 0 Å². The van der Waals surface area contributed by atoms with Gasteiger partial charge in [0.25, 0.3) is 11.1 Å². The second-order valence-corrected chi connectivity index (χ2v) is 9.17. The van der Waals surface area contributed by atoms with E-state index in [1.165, 1.54) is 4.90 Å². The fraction of sp³-hybridized carbons (Fsp3) is 0.0833. The van der Waals surface area contributed by atoms with Crippen LogP contribution in [0.25, 0.3) is 6.08 Å². The third kappa shape index (κ3) is 5.13. The lowest BCUT2D eigenvalue weighted by Gasteiger charge is -2.13. The molecule has 0 aliphatic carbocycles. The fourth-order valence-corrected chi connectivity index (χ4v) is 4.59. The molecule has 32 heavy (non-hydrogen) atoms. The number of carbonyl (C=O) groups is 2. The molecule has 4 nitrogen and oxygen atoms in total. The first-order chi connectivity index (χ1) is 15.4. The van der Waals surface area contributed by atoms with Crippen LogP contribution in [0.4, 0.5) is 4.79 Å². The predicted molar refractivity (Wildman–Crippen MR) is 130 cm³/mol. The van der Waals surface area contributed by atoms with Crippen LogP contribution in [0.5, 0.6) is 5.75 Å². The molecule has 1 saturated heterocycles. The molecule has 3 aromatic carbocycles. The van der Waals surface area contributed by atoms with Crippen molar-refractivity contribution in [2.45, 2.75) is 13.2 Å². The van der Waals surface area contributed by atoms with Crippen molar-refractivity contribution in [3.05, 3.63) is 103 Å². The number of rotatable bonds is 6. The standard InChI is InChI=1S/C24H16Cl3NO3S/c25-18-10-9-17(20(27)12-18)14-31-21-8-4-2-5-15(21)11-22-23(29)28(24(30)32-22)13-16-6-1-3-7-19(16)26/h1-12H,13-14H2/b22-11+. The molecule has 1 aliphatic heterocycles. The number of imide groups is 1. The maximum Gasteiger partial charge on any atom is 0.293 e. The Morgan fingerprint density at radius 3 is 2.41 bits per heavy atom. The largest absolute Gasteiger partial charge is 0.488 e. The van der Waals surface area contributed by atoms with E-state index in [2.05, 4.69) is 0 Å². The third-order valence-electron chi connectivity index (χ3n) is 4.76. The minimum atomic E-state index is -0.365. The van der Waals surface area contributed by atoms with Crippen LogP contribution >= 0.6 is 46.6 Å². The lowest BCUT2D eigenvalue weighted by molar-refractivity contribution is -0.123. The molecule has 1 fully saturated rings. The Morgan fingerprint density at radius 1 is 0.875 bits per heavy atom. The second-order valence-electron chi connectivity index (χ2n) is 6.92. The van der Waals surface area contributed by atoms with Crippen molar-refractivity contribution in [3.8, 4) is 5.75 Å². The van der Waals surface area contributed by atoms with Gasteiger partial charge in [-0.3, -0.25) is 14.5 Å². The smallest absolute Gasteiger partial charge is 0.293 e. The number of carbonyl (C=O) groups excluding carboxylic acids is 2. The highest BCUT2D eigenvalue weighted by Gasteiger charge is 2.35. The van der Waals surface area contributed by atoms with E-state index in [-0.39, 0.29) is 24.3 Å². The molecule has 0 bridgehead atoms. The highest BCUT2D eigenvalue weighted by Crippen LogP contribution is 2.35. The van der Waals surface area contributed by atoms with Crippen molar-refractivity contribution in [2.75, 3.05) is 0 Å². The van der Waals surface area contributed by atoms with E-state index in [1.807, 2.05) is 24.3 Å². The number of nitrogens with zero attached hydrogens (tertiary/aromatic N) is 1. The summed E-state index contributed by atoms with van der Waals surface area (Å²) in [7, 11) is 0. The second kappa shape index (κ2) is 10.0. The lowest BCUT2D eigenvalue weighted by atomic mass is 10.1. The van der Waals surface area contributed by atoms with Gasteiger partial charge in [-0.05, 0) is 47.7 Å². The Labute approximate surface area is 204 Å². The average Bonchev–Trinajstić information content (AvgIpc) is 3.03. The first-order valence-electron chi connectivity index (χ1n) is 9.57. The van der Waals surface area contributed by atoms with Crippen LogP contribution in [0.15, 0.2) is 71.6 Å². The van der Waals surface area contributed by atoms with Crippen LogP contribution in [0.1, 0.15) is 16.7 Å². The number of para-hydroxylation sites is 1. The van der Waals surface area contributed by atoms with Gasteiger partial charge in [0.05, 0.1) is 11.4 Å². The van der Waals surface area contributed by atoms with Crippen molar-refractivity contribution >= 4 is 63.8 Å². The summed E-state index contributed by atoms with van der Waals surface area (Å²) in [4.78, 5) is 26.9. The monoisotopic (exact) mass is 503 g/mol. The summed E-state index contributed by atoms with van der Waals surface area (Å²) >= 11 is 19.2. The molecule has 0 aromatic heterocycles. The van der Waals surface area contributed by atoms with Crippen LogP contribution in [0, 0.1) is 0 Å².